The van der Waals surface area contributed by atoms with E-state index in [1.54, 1.807) is 18.8 Å². The zero-order valence-corrected chi connectivity index (χ0v) is 12.4. The van der Waals surface area contributed by atoms with Gasteiger partial charge in [-0.3, -0.25) is 0 Å². The maximum absolute atomic E-state index is 11.8. The number of nitrogens with one attached hydrogen (secondary N) is 1. The van der Waals surface area contributed by atoms with Gasteiger partial charge in [0.1, 0.15) is 6.04 Å². The molecule has 18 heavy (non-hydrogen) atoms. The molecule has 0 aromatic rings. The molecule has 0 aliphatic rings. The van der Waals surface area contributed by atoms with Crippen molar-refractivity contribution in [3.05, 3.63) is 0 Å². The number of carbonyl (C=O) groups is 2. The molecular formula is C12H24N2O3S. The highest BCUT2D eigenvalue weighted by Crippen LogP contribution is 2.06. The molecule has 0 rings (SSSR count). The Morgan fingerprint density at radius 3 is 2.44 bits per heavy atom. The van der Waals surface area contributed by atoms with Crippen LogP contribution >= 0.6 is 11.8 Å². The second-order valence-electron chi connectivity index (χ2n) is 4.74. The van der Waals surface area contributed by atoms with E-state index in [1.165, 1.54) is 4.90 Å². The Bertz CT molecular complexity index is 272. The Morgan fingerprint density at radius 2 is 2.00 bits per heavy atom. The van der Waals surface area contributed by atoms with Crippen molar-refractivity contribution in [3.8, 4) is 0 Å². The largest absolute Gasteiger partial charge is 0.480 e. The maximum Gasteiger partial charge on any atom is 0.326 e. The number of carboxylic acid groups (broad SMARTS) is 1. The lowest BCUT2D eigenvalue weighted by Gasteiger charge is -2.22. The van der Waals surface area contributed by atoms with Crippen molar-refractivity contribution < 1.29 is 14.7 Å². The Balaban J connectivity index is 4.19. The normalized spacial score (nSPS) is 12.3. The topological polar surface area (TPSA) is 69.6 Å². The van der Waals surface area contributed by atoms with Crippen molar-refractivity contribution in [2.75, 3.05) is 25.6 Å². The molecule has 0 radical (unpaired) electrons. The number of thioether (sulfide) groups is 1. The third-order valence-electron chi connectivity index (χ3n) is 2.49. The van der Waals surface area contributed by atoms with Gasteiger partial charge in [0.15, 0.2) is 0 Å². The first-order chi connectivity index (χ1) is 8.38. The second kappa shape index (κ2) is 9.08. The van der Waals surface area contributed by atoms with Gasteiger partial charge in [-0.15, -0.1) is 0 Å². The summed E-state index contributed by atoms with van der Waals surface area (Å²) in [4.78, 5) is 24.3. The predicted molar refractivity (Wildman–Crippen MR) is 75.0 cm³/mol. The molecule has 0 aliphatic carbocycles. The van der Waals surface area contributed by atoms with E-state index < -0.39 is 12.0 Å². The quantitative estimate of drug-likeness (QED) is 0.664. The molecule has 0 saturated heterocycles. The van der Waals surface area contributed by atoms with Gasteiger partial charge in [0.05, 0.1) is 0 Å². The molecule has 0 saturated carbocycles. The number of urea groups is 1. The molecule has 2 N–H and O–H groups in total. The molecule has 0 bridgehead atoms. The highest BCUT2D eigenvalue weighted by atomic mass is 32.2. The first-order valence-electron chi connectivity index (χ1n) is 6.11. The summed E-state index contributed by atoms with van der Waals surface area (Å²) in [6, 6.07) is -1.12. The SMILES string of the molecule is CSCCCN(C)C(=O)N[C@H](CC(C)C)C(=O)O. The number of carboxylic acids is 1. The minimum Gasteiger partial charge on any atom is -0.480 e. The summed E-state index contributed by atoms with van der Waals surface area (Å²) in [6.45, 7) is 4.51. The molecule has 106 valence electrons. The zero-order valence-electron chi connectivity index (χ0n) is 11.6. The van der Waals surface area contributed by atoms with Crippen LogP contribution in [0.2, 0.25) is 0 Å². The lowest BCUT2D eigenvalue weighted by atomic mass is 10.0. The molecule has 5 nitrogen and oxygen atoms in total. The summed E-state index contributed by atoms with van der Waals surface area (Å²) in [5, 5.41) is 11.6. The van der Waals surface area contributed by atoms with Crippen LogP contribution in [0.4, 0.5) is 4.79 Å². The van der Waals surface area contributed by atoms with Crippen molar-refractivity contribution in [1.29, 1.82) is 0 Å². The Labute approximate surface area is 113 Å². The standard InChI is InChI=1S/C12H24N2O3S/c1-9(2)8-10(11(15)16)13-12(17)14(3)6-5-7-18-4/h9-10H,5-8H2,1-4H3,(H,13,17)(H,15,16)/t10-/m1/s1. The molecule has 0 fully saturated rings. The molecule has 1 atom stereocenters. The summed E-state index contributed by atoms with van der Waals surface area (Å²) in [5.74, 6) is 0.245. The van der Waals surface area contributed by atoms with Crippen LogP contribution in [0, 0.1) is 5.92 Å². The van der Waals surface area contributed by atoms with Gasteiger partial charge in [-0.1, -0.05) is 13.8 Å². The van der Waals surface area contributed by atoms with Crippen LogP contribution < -0.4 is 5.32 Å². The third kappa shape index (κ3) is 7.42. The molecule has 0 spiro atoms. The fourth-order valence-electron chi connectivity index (χ4n) is 1.50. The van der Waals surface area contributed by atoms with Gasteiger partial charge >= 0.3 is 12.0 Å². The maximum atomic E-state index is 11.8. The Morgan fingerprint density at radius 1 is 1.39 bits per heavy atom. The minimum absolute atomic E-state index is 0.230. The fourth-order valence-corrected chi connectivity index (χ4v) is 1.92. The second-order valence-corrected chi connectivity index (χ2v) is 5.72. The summed E-state index contributed by atoms with van der Waals surface area (Å²) in [7, 11) is 1.68. The first kappa shape index (κ1) is 17.1. The molecule has 0 aromatic carbocycles. The molecule has 0 unspecified atom stereocenters. The van der Waals surface area contributed by atoms with E-state index in [2.05, 4.69) is 5.32 Å². The Hall–Kier alpha value is -0.910. The summed E-state index contributed by atoms with van der Waals surface area (Å²) in [5.41, 5.74) is 0. The van der Waals surface area contributed by atoms with Crippen molar-refractivity contribution in [2.45, 2.75) is 32.7 Å². The molecule has 2 amide bonds. The minimum atomic E-state index is -0.977. The first-order valence-corrected chi connectivity index (χ1v) is 7.51. The van der Waals surface area contributed by atoms with Crippen LogP contribution in [0.5, 0.6) is 0 Å². The highest BCUT2D eigenvalue weighted by Gasteiger charge is 2.22. The van der Waals surface area contributed by atoms with Gasteiger partial charge < -0.3 is 15.3 Å². The van der Waals surface area contributed by atoms with Crippen LogP contribution in [0.15, 0.2) is 0 Å². The van der Waals surface area contributed by atoms with E-state index in [0.717, 1.165) is 12.2 Å². The lowest BCUT2D eigenvalue weighted by molar-refractivity contribution is -0.139. The van der Waals surface area contributed by atoms with Crippen LogP contribution in [-0.2, 0) is 4.79 Å². The smallest absolute Gasteiger partial charge is 0.326 e. The van der Waals surface area contributed by atoms with Crippen LogP contribution in [0.25, 0.3) is 0 Å². The highest BCUT2D eigenvalue weighted by molar-refractivity contribution is 7.98. The molecule has 6 heteroatoms. The van der Waals surface area contributed by atoms with Gasteiger partial charge in [0.2, 0.25) is 0 Å². The van der Waals surface area contributed by atoms with E-state index in [9.17, 15) is 9.59 Å². The Kier molecular flexibility index (Phi) is 8.62. The number of hydrogen-bond donors (Lipinski definition) is 2. The van der Waals surface area contributed by atoms with E-state index in [4.69, 9.17) is 5.11 Å². The van der Waals surface area contributed by atoms with E-state index in [0.29, 0.717) is 13.0 Å². The van der Waals surface area contributed by atoms with Crippen LogP contribution in [0.1, 0.15) is 26.7 Å². The van der Waals surface area contributed by atoms with Crippen LogP contribution in [-0.4, -0.2) is 53.6 Å². The number of nitrogens with zero attached hydrogens (tertiary/aromatic N) is 1. The average molecular weight is 276 g/mol. The lowest BCUT2D eigenvalue weighted by Crippen LogP contribution is -2.47. The van der Waals surface area contributed by atoms with Crippen molar-refractivity contribution in [2.24, 2.45) is 5.92 Å². The molecule has 0 heterocycles. The molecular weight excluding hydrogens is 252 g/mol. The molecule has 0 aromatic heterocycles. The van der Waals surface area contributed by atoms with Crippen LogP contribution in [0.3, 0.4) is 0 Å². The third-order valence-corrected chi connectivity index (χ3v) is 3.19. The van der Waals surface area contributed by atoms with E-state index >= 15 is 0 Å². The average Bonchev–Trinajstić information content (AvgIpc) is 2.27. The number of hydrogen-bond acceptors (Lipinski definition) is 3. The fraction of sp³-hybridized carbons (Fsp3) is 0.833. The van der Waals surface area contributed by atoms with Gasteiger partial charge in [-0.25, -0.2) is 9.59 Å². The summed E-state index contributed by atoms with van der Waals surface area (Å²) < 4.78 is 0. The summed E-state index contributed by atoms with van der Waals surface area (Å²) in [6.07, 6.45) is 3.37. The monoisotopic (exact) mass is 276 g/mol. The molecule has 0 aliphatic heterocycles. The predicted octanol–water partition coefficient (Wildman–Crippen LogP) is 1.88. The number of rotatable bonds is 8. The van der Waals surface area contributed by atoms with Gasteiger partial charge in [0, 0.05) is 13.6 Å². The van der Waals surface area contributed by atoms with Crippen molar-refractivity contribution in [1.82, 2.24) is 10.2 Å². The number of amides is 2. The van der Waals surface area contributed by atoms with Gasteiger partial charge in [-0.05, 0) is 30.8 Å². The van der Waals surface area contributed by atoms with E-state index in [1.807, 2.05) is 20.1 Å². The van der Waals surface area contributed by atoms with E-state index in [-0.39, 0.29) is 11.9 Å². The van der Waals surface area contributed by atoms with Gasteiger partial charge in [0.25, 0.3) is 0 Å². The van der Waals surface area contributed by atoms with Crippen molar-refractivity contribution >= 4 is 23.8 Å². The summed E-state index contributed by atoms with van der Waals surface area (Å²) >= 11 is 1.73. The number of aliphatic carboxylic acids is 1. The zero-order chi connectivity index (χ0) is 14.1. The van der Waals surface area contributed by atoms with Gasteiger partial charge in [-0.2, -0.15) is 11.8 Å². The number of carbonyl (C=O) groups excluding carboxylic acids is 1. The van der Waals surface area contributed by atoms with Crippen molar-refractivity contribution in [3.63, 3.8) is 0 Å².